The van der Waals surface area contributed by atoms with E-state index in [2.05, 4.69) is 0 Å². The van der Waals surface area contributed by atoms with Gasteiger partial charge < -0.3 is 9.47 Å². The summed E-state index contributed by atoms with van der Waals surface area (Å²) >= 11 is 0. The van der Waals surface area contributed by atoms with Crippen LogP contribution in [0.2, 0.25) is 0 Å². The van der Waals surface area contributed by atoms with Gasteiger partial charge in [-0.2, -0.15) is 0 Å². The molecule has 0 radical (unpaired) electrons. The molecule has 1 heterocycles. The number of carbonyl (C=O) groups is 1. The standard InChI is InChI=1S/C16H14O3/c17-11-12-5-1-2-6-13(12)14-7-3-4-8-15(14)16-18-9-10-19-16/h1-8,11,16H,9-10H2. The first-order chi connectivity index (χ1) is 9.40. The molecule has 2 aromatic carbocycles. The molecule has 0 atom stereocenters. The maximum atomic E-state index is 11.2. The minimum Gasteiger partial charge on any atom is -0.346 e. The molecule has 1 aliphatic rings. The zero-order chi connectivity index (χ0) is 13.1. The maximum Gasteiger partial charge on any atom is 0.184 e. The number of hydrogen-bond donors (Lipinski definition) is 0. The zero-order valence-corrected chi connectivity index (χ0v) is 10.4. The van der Waals surface area contributed by atoms with Crippen molar-refractivity contribution in [3.05, 3.63) is 59.7 Å². The lowest BCUT2D eigenvalue weighted by Gasteiger charge is -2.15. The highest BCUT2D eigenvalue weighted by Gasteiger charge is 2.22. The molecule has 1 saturated heterocycles. The normalized spacial score (nSPS) is 15.6. The summed E-state index contributed by atoms with van der Waals surface area (Å²) in [5.41, 5.74) is 3.53. The minimum atomic E-state index is -0.337. The molecule has 3 rings (SSSR count). The third-order valence-electron chi connectivity index (χ3n) is 3.21. The Bertz CT molecular complexity index is 586. The van der Waals surface area contributed by atoms with Crippen LogP contribution in [0.4, 0.5) is 0 Å². The van der Waals surface area contributed by atoms with Gasteiger partial charge in [0.05, 0.1) is 13.2 Å². The highest BCUT2D eigenvalue weighted by Crippen LogP contribution is 2.33. The predicted molar refractivity (Wildman–Crippen MR) is 71.9 cm³/mol. The van der Waals surface area contributed by atoms with Crippen LogP contribution in [0, 0.1) is 0 Å². The van der Waals surface area contributed by atoms with Crippen LogP contribution in [0.5, 0.6) is 0 Å². The van der Waals surface area contributed by atoms with Crippen LogP contribution >= 0.6 is 0 Å². The van der Waals surface area contributed by atoms with Crippen molar-refractivity contribution in [2.75, 3.05) is 13.2 Å². The van der Waals surface area contributed by atoms with Gasteiger partial charge in [-0.05, 0) is 11.1 Å². The molecular weight excluding hydrogens is 240 g/mol. The van der Waals surface area contributed by atoms with E-state index in [-0.39, 0.29) is 6.29 Å². The van der Waals surface area contributed by atoms with Gasteiger partial charge in [0.25, 0.3) is 0 Å². The van der Waals surface area contributed by atoms with Crippen molar-refractivity contribution in [1.82, 2.24) is 0 Å². The number of ether oxygens (including phenoxy) is 2. The van der Waals surface area contributed by atoms with Gasteiger partial charge in [0.15, 0.2) is 12.6 Å². The summed E-state index contributed by atoms with van der Waals surface area (Å²) in [5.74, 6) is 0. The molecule has 0 spiro atoms. The summed E-state index contributed by atoms with van der Waals surface area (Å²) in [6.07, 6.45) is 0.540. The van der Waals surface area contributed by atoms with Gasteiger partial charge >= 0.3 is 0 Å². The summed E-state index contributed by atoms with van der Waals surface area (Å²) < 4.78 is 11.1. The number of benzene rings is 2. The van der Waals surface area contributed by atoms with Crippen molar-refractivity contribution in [2.24, 2.45) is 0 Å². The van der Waals surface area contributed by atoms with Crippen molar-refractivity contribution in [3.8, 4) is 11.1 Å². The van der Waals surface area contributed by atoms with Crippen LogP contribution in [0.1, 0.15) is 22.2 Å². The average Bonchev–Trinajstić information content (AvgIpc) is 3.01. The van der Waals surface area contributed by atoms with Crippen molar-refractivity contribution in [1.29, 1.82) is 0 Å². The van der Waals surface area contributed by atoms with Crippen LogP contribution in [-0.2, 0) is 9.47 Å². The topological polar surface area (TPSA) is 35.5 Å². The fourth-order valence-electron chi connectivity index (χ4n) is 2.33. The average molecular weight is 254 g/mol. The third kappa shape index (κ3) is 2.30. The first-order valence-electron chi connectivity index (χ1n) is 6.27. The molecule has 19 heavy (non-hydrogen) atoms. The van der Waals surface area contributed by atoms with Gasteiger partial charge in [-0.15, -0.1) is 0 Å². The number of rotatable bonds is 3. The molecule has 0 N–H and O–H groups in total. The van der Waals surface area contributed by atoms with E-state index in [1.807, 2.05) is 48.5 Å². The molecule has 0 aromatic heterocycles. The highest BCUT2D eigenvalue weighted by atomic mass is 16.7. The quantitative estimate of drug-likeness (QED) is 0.789. The molecule has 0 aliphatic carbocycles. The van der Waals surface area contributed by atoms with E-state index in [0.29, 0.717) is 18.8 Å². The molecule has 1 fully saturated rings. The molecular formula is C16H14O3. The largest absolute Gasteiger partial charge is 0.346 e. The molecule has 0 saturated carbocycles. The zero-order valence-electron chi connectivity index (χ0n) is 10.4. The summed E-state index contributed by atoms with van der Waals surface area (Å²) in [6.45, 7) is 1.21. The summed E-state index contributed by atoms with van der Waals surface area (Å²) in [5, 5.41) is 0. The van der Waals surface area contributed by atoms with Crippen LogP contribution < -0.4 is 0 Å². The second kappa shape index (κ2) is 5.34. The van der Waals surface area contributed by atoms with E-state index in [1.54, 1.807) is 0 Å². The Morgan fingerprint density at radius 2 is 1.53 bits per heavy atom. The Balaban J connectivity index is 2.11. The molecule has 0 bridgehead atoms. The molecule has 96 valence electrons. The Labute approximate surface area is 111 Å². The highest BCUT2D eigenvalue weighted by molar-refractivity contribution is 5.88. The van der Waals surface area contributed by atoms with Gasteiger partial charge in [0.1, 0.15) is 0 Å². The van der Waals surface area contributed by atoms with Gasteiger partial charge in [0, 0.05) is 11.1 Å². The molecule has 0 unspecified atom stereocenters. The minimum absolute atomic E-state index is 0.337. The van der Waals surface area contributed by atoms with Crippen molar-refractivity contribution in [3.63, 3.8) is 0 Å². The van der Waals surface area contributed by atoms with E-state index in [4.69, 9.17) is 9.47 Å². The predicted octanol–water partition coefficient (Wildman–Crippen LogP) is 3.21. The maximum absolute atomic E-state index is 11.2. The van der Waals surface area contributed by atoms with Crippen LogP contribution in [0.25, 0.3) is 11.1 Å². The summed E-state index contributed by atoms with van der Waals surface area (Å²) in [4.78, 5) is 11.2. The van der Waals surface area contributed by atoms with Gasteiger partial charge in [-0.25, -0.2) is 0 Å². The lowest BCUT2D eigenvalue weighted by Crippen LogP contribution is -2.01. The van der Waals surface area contributed by atoms with E-state index >= 15 is 0 Å². The molecule has 3 heteroatoms. The van der Waals surface area contributed by atoms with Crippen LogP contribution in [0.3, 0.4) is 0 Å². The Morgan fingerprint density at radius 3 is 2.26 bits per heavy atom. The van der Waals surface area contributed by atoms with Gasteiger partial charge in [0.2, 0.25) is 0 Å². The van der Waals surface area contributed by atoms with Crippen molar-refractivity contribution in [2.45, 2.75) is 6.29 Å². The monoisotopic (exact) mass is 254 g/mol. The van der Waals surface area contributed by atoms with E-state index < -0.39 is 0 Å². The lowest BCUT2D eigenvalue weighted by atomic mass is 9.95. The number of carbonyl (C=O) groups excluding carboxylic acids is 1. The van der Waals surface area contributed by atoms with Crippen LogP contribution in [-0.4, -0.2) is 19.5 Å². The van der Waals surface area contributed by atoms with Gasteiger partial charge in [-0.3, -0.25) is 4.79 Å². The van der Waals surface area contributed by atoms with E-state index in [0.717, 1.165) is 23.0 Å². The fourth-order valence-corrected chi connectivity index (χ4v) is 2.33. The Kier molecular flexibility index (Phi) is 3.40. The van der Waals surface area contributed by atoms with Crippen LogP contribution in [0.15, 0.2) is 48.5 Å². The van der Waals surface area contributed by atoms with E-state index in [9.17, 15) is 4.79 Å². The van der Waals surface area contributed by atoms with Crippen molar-refractivity contribution < 1.29 is 14.3 Å². The molecule has 3 nitrogen and oxygen atoms in total. The first-order valence-corrected chi connectivity index (χ1v) is 6.27. The number of hydrogen-bond acceptors (Lipinski definition) is 3. The SMILES string of the molecule is O=Cc1ccccc1-c1ccccc1C1OCCO1. The first kappa shape index (κ1) is 12.1. The molecule has 2 aromatic rings. The van der Waals surface area contributed by atoms with E-state index in [1.165, 1.54) is 0 Å². The fraction of sp³-hybridized carbons (Fsp3) is 0.188. The lowest BCUT2D eigenvalue weighted by molar-refractivity contribution is -0.0436. The third-order valence-corrected chi connectivity index (χ3v) is 3.21. The Hall–Kier alpha value is -1.97. The second-order valence-corrected chi connectivity index (χ2v) is 4.37. The summed E-state index contributed by atoms with van der Waals surface area (Å²) in [6, 6.07) is 15.4. The molecule has 0 amide bonds. The Morgan fingerprint density at radius 1 is 0.895 bits per heavy atom. The summed E-state index contributed by atoms with van der Waals surface area (Å²) in [7, 11) is 0. The van der Waals surface area contributed by atoms with Gasteiger partial charge in [-0.1, -0.05) is 48.5 Å². The second-order valence-electron chi connectivity index (χ2n) is 4.37. The van der Waals surface area contributed by atoms with Crippen molar-refractivity contribution >= 4 is 6.29 Å². The molecule has 1 aliphatic heterocycles. The smallest absolute Gasteiger partial charge is 0.184 e. The number of aldehydes is 1.